The maximum Gasteiger partial charge on any atom is 0.127 e. The molecule has 0 spiro atoms. The summed E-state index contributed by atoms with van der Waals surface area (Å²) in [7, 11) is 0. The van der Waals surface area contributed by atoms with E-state index in [9.17, 15) is 4.39 Å². The van der Waals surface area contributed by atoms with Gasteiger partial charge in [-0.15, -0.1) is 0 Å². The molecule has 0 saturated heterocycles. The molecule has 1 heterocycles. The number of rotatable bonds is 4. The third-order valence-corrected chi connectivity index (χ3v) is 4.29. The summed E-state index contributed by atoms with van der Waals surface area (Å²) in [5.74, 6) is -0.122. The highest BCUT2D eigenvalue weighted by Crippen LogP contribution is 2.33. The van der Waals surface area contributed by atoms with E-state index in [-0.39, 0.29) is 5.82 Å². The molecule has 2 nitrogen and oxygen atoms in total. The van der Waals surface area contributed by atoms with Crippen LogP contribution in [0, 0.1) is 5.82 Å². The fourth-order valence-corrected chi connectivity index (χ4v) is 3.23. The van der Waals surface area contributed by atoms with Crippen molar-refractivity contribution in [1.82, 2.24) is 4.90 Å². The molecule has 110 valence electrons. The normalized spacial score (nSPS) is 18.5. The minimum absolute atomic E-state index is 0.122. The van der Waals surface area contributed by atoms with Crippen molar-refractivity contribution in [3.05, 3.63) is 71.0 Å². The number of hydrogen-bond acceptors (Lipinski definition) is 2. The van der Waals surface area contributed by atoms with Crippen molar-refractivity contribution >= 4 is 0 Å². The molecule has 1 unspecified atom stereocenters. The van der Waals surface area contributed by atoms with Gasteiger partial charge >= 0.3 is 0 Å². The van der Waals surface area contributed by atoms with Crippen molar-refractivity contribution in [2.75, 3.05) is 13.1 Å². The van der Waals surface area contributed by atoms with Crippen LogP contribution < -0.4 is 5.73 Å². The van der Waals surface area contributed by atoms with E-state index in [1.807, 2.05) is 12.1 Å². The summed E-state index contributed by atoms with van der Waals surface area (Å²) in [4.78, 5) is 2.35. The van der Waals surface area contributed by atoms with Gasteiger partial charge < -0.3 is 5.73 Å². The molecule has 0 saturated carbocycles. The maximum atomic E-state index is 13.9. The zero-order valence-corrected chi connectivity index (χ0v) is 12.1. The lowest BCUT2D eigenvalue weighted by atomic mass is 9.90. The second-order valence-electron chi connectivity index (χ2n) is 5.60. The van der Waals surface area contributed by atoms with E-state index >= 15 is 0 Å². The third-order valence-electron chi connectivity index (χ3n) is 4.29. The molecule has 0 aromatic heterocycles. The maximum absolute atomic E-state index is 13.9. The second-order valence-corrected chi connectivity index (χ2v) is 5.60. The van der Waals surface area contributed by atoms with Crippen molar-refractivity contribution in [2.45, 2.75) is 25.4 Å². The summed E-state index contributed by atoms with van der Waals surface area (Å²) in [6.07, 6.45) is 1.93. The lowest BCUT2D eigenvalue weighted by Crippen LogP contribution is -2.36. The van der Waals surface area contributed by atoms with E-state index in [0.29, 0.717) is 19.1 Å². The number of hydrogen-bond donors (Lipinski definition) is 1. The van der Waals surface area contributed by atoms with Gasteiger partial charge in [-0.1, -0.05) is 42.5 Å². The predicted molar refractivity (Wildman–Crippen MR) is 83.4 cm³/mol. The molecule has 1 aliphatic heterocycles. The molecule has 0 bridgehead atoms. The minimum atomic E-state index is -0.122. The average Bonchev–Trinajstić information content (AvgIpc) is 2.52. The highest BCUT2D eigenvalue weighted by atomic mass is 19.1. The zero-order valence-electron chi connectivity index (χ0n) is 12.1. The van der Waals surface area contributed by atoms with E-state index in [4.69, 9.17) is 5.73 Å². The summed E-state index contributed by atoms with van der Waals surface area (Å²) in [6, 6.07) is 15.9. The number of fused-ring (bicyclic) bond motifs is 1. The Morgan fingerprint density at radius 2 is 1.86 bits per heavy atom. The lowest BCUT2D eigenvalue weighted by molar-refractivity contribution is 0.167. The Morgan fingerprint density at radius 1 is 1.10 bits per heavy atom. The van der Waals surface area contributed by atoms with Crippen LogP contribution in [0.3, 0.4) is 0 Å². The van der Waals surface area contributed by atoms with Gasteiger partial charge in [0, 0.05) is 24.7 Å². The van der Waals surface area contributed by atoms with Gasteiger partial charge in [0.1, 0.15) is 5.82 Å². The Morgan fingerprint density at radius 3 is 2.67 bits per heavy atom. The van der Waals surface area contributed by atoms with Gasteiger partial charge in [-0.2, -0.15) is 0 Å². The van der Waals surface area contributed by atoms with Crippen LogP contribution in [0.5, 0.6) is 0 Å². The van der Waals surface area contributed by atoms with Gasteiger partial charge in [0.25, 0.3) is 0 Å². The molecule has 2 aromatic carbocycles. The van der Waals surface area contributed by atoms with Gasteiger partial charge in [-0.05, 0) is 36.6 Å². The van der Waals surface area contributed by atoms with E-state index < -0.39 is 0 Å². The molecule has 0 fully saturated rings. The lowest BCUT2D eigenvalue weighted by Gasteiger charge is -2.37. The van der Waals surface area contributed by atoms with Crippen LogP contribution in [0.1, 0.15) is 29.2 Å². The summed E-state index contributed by atoms with van der Waals surface area (Å²) in [5, 5.41) is 0. The van der Waals surface area contributed by atoms with Crippen LogP contribution in [0.4, 0.5) is 4.39 Å². The molecule has 0 amide bonds. The van der Waals surface area contributed by atoms with E-state index in [2.05, 4.69) is 29.2 Å². The van der Waals surface area contributed by atoms with Crippen LogP contribution in [-0.4, -0.2) is 18.0 Å². The molecule has 3 rings (SSSR count). The largest absolute Gasteiger partial charge is 0.330 e. The summed E-state index contributed by atoms with van der Waals surface area (Å²) >= 11 is 0. The zero-order chi connectivity index (χ0) is 14.7. The summed E-state index contributed by atoms with van der Waals surface area (Å²) < 4.78 is 13.9. The highest BCUT2D eigenvalue weighted by molar-refractivity contribution is 5.33. The Hall–Kier alpha value is -1.71. The minimum Gasteiger partial charge on any atom is -0.330 e. The fraction of sp³-hybridized carbons (Fsp3) is 0.333. The van der Waals surface area contributed by atoms with Crippen molar-refractivity contribution in [3.63, 3.8) is 0 Å². The monoisotopic (exact) mass is 284 g/mol. The summed E-state index contributed by atoms with van der Waals surface area (Å²) in [6.45, 7) is 2.24. The first-order chi connectivity index (χ1) is 10.3. The molecule has 2 aromatic rings. The summed E-state index contributed by atoms with van der Waals surface area (Å²) in [5.41, 5.74) is 9.32. The van der Waals surface area contributed by atoms with E-state index in [1.54, 1.807) is 6.07 Å². The second kappa shape index (κ2) is 6.37. The van der Waals surface area contributed by atoms with Crippen LogP contribution in [0.25, 0.3) is 0 Å². The van der Waals surface area contributed by atoms with E-state index in [1.165, 1.54) is 17.2 Å². The Kier molecular flexibility index (Phi) is 4.32. The smallest absolute Gasteiger partial charge is 0.127 e. The number of nitrogens with two attached hydrogens (primary N) is 1. The molecular weight excluding hydrogens is 263 g/mol. The molecule has 0 radical (unpaired) electrons. The first-order valence-corrected chi connectivity index (χ1v) is 7.55. The Bertz CT molecular complexity index is 612. The molecular formula is C18H21FN2. The predicted octanol–water partition coefficient (Wildman–Crippen LogP) is 3.27. The molecule has 1 aliphatic rings. The first-order valence-electron chi connectivity index (χ1n) is 7.55. The van der Waals surface area contributed by atoms with Gasteiger partial charge in [0.2, 0.25) is 0 Å². The van der Waals surface area contributed by atoms with Crippen molar-refractivity contribution in [3.8, 4) is 0 Å². The molecule has 2 N–H and O–H groups in total. The standard InChI is InChI=1S/C18H21FN2/c19-17-8-4-2-6-15(17)13-21-12-10-14-5-1-3-7-16(14)18(21)9-11-20/h1-8,18H,9-13,20H2. The van der Waals surface area contributed by atoms with Gasteiger partial charge in [0.05, 0.1) is 0 Å². The Balaban J connectivity index is 1.87. The SMILES string of the molecule is NCCC1c2ccccc2CCN1Cc1ccccc1F. The van der Waals surface area contributed by atoms with Crippen LogP contribution >= 0.6 is 0 Å². The van der Waals surface area contributed by atoms with Gasteiger partial charge in [-0.3, -0.25) is 4.90 Å². The van der Waals surface area contributed by atoms with E-state index in [0.717, 1.165) is 24.9 Å². The molecule has 21 heavy (non-hydrogen) atoms. The number of nitrogens with zero attached hydrogens (tertiary/aromatic N) is 1. The van der Waals surface area contributed by atoms with Crippen molar-refractivity contribution < 1.29 is 4.39 Å². The van der Waals surface area contributed by atoms with Crippen LogP contribution in [0.15, 0.2) is 48.5 Å². The number of halogens is 1. The highest BCUT2D eigenvalue weighted by Gasteiger charge is 2.26. The number of benzene rings is 2. The van der Waals surface area contributed by atoms with Gasteiger partial charge in [0.15, 0.2) is 0 Å². The van der Waals surface area contributed by atoms with Crippen LogP contribution in [-0.2, 0) is 13.0 Å². The quantitative estimate of drug-likeness (QED) is 0.933. The molecule has 3 heteroatoms. The van der Waals surface area contributed by atoms with Gasteiger partial charge in [-0.25, -0.2) is 4.39 Å². The first kappa shape index (κ1) is 14.2. The van der Waals surface area contributed by atoms with Crippen molar-refractivity contribution in [1.29, 1.82) is 0 Å². The third kappa shape index (κ3) is 2.99. The van der Waals surface area contributed by atoms with Crippen LogP contribution in [0.2, 0.25) is 0 Å². The molecule has 1 atom stereocenters. The Labute approximate surface area is 125 Å². The topological polar surface area (TPSA) is 29.3 Å². The fourth-order valence-electron chi connectivity index (χ4n) is 3.23. The average molecular weight is 284 g/mol. The molecule has 0 aliphatic carbocycles. The van der Waals surface area contributed by atoms with Crippen molar-refractivity contribution in [2.24, 2.45) is 5.73 Å².